The van der Waals surface area contributed by atoms with Gasteiger partial charge in [-0.15, -0.1) is 3.89 Å². The number of nitrogen functional groups attached to an aromatic ring is 1. The molecule has 0 aliphatic carbocycles. The zero-order valence-electron chi connectivity index (χ0n) is 10.0. The van der Waals surface area contributed by atoms with Crippen LogP contribution in [-0.4, -0.2) is 31.0 Å². The maximum Gasteiger partial charge on any atom is 0.307 e. The highest BCUT2D eigenvalue weighted by molar-refractivity contribution is 7.87. The number of carbonyl (C=O) groups excluding carboxylic acids is 1. The molecule has 0 spiro atoms. The SMILES string of the molecule is Nc1ccc(N2CC(S(=O)(=O)F)CC2=O)cc1[N+](=O)[O-]. The molecule has 2 N–H and O–H groups in total. The number of halogens is 1. The van der Waals surface area contributed by atoms with Crippen molar-refractivity contribution in [1.82, 2.24) is 0 Å². The molecule has 0 aromatic heterocycles. The van der Waals surface area contributed by atoms with E-state index in [0.717, 1.165) is 11.0 Å². The number of hydrogen-bond donors (Lipinski definition) is 1. The first-order valence-corrected chi connectivity index (χ1v) is 6.92. The first-order chi connectivity index (χ1) is 9.20. The van der Waals surface area contributed by atoms with Crippen molar-refractivity contribution in [2.45, 2.75) is 11.7 Å². The van der Waals surface area contributed by atoms with E-state index in [0.29, 0.717) is 0 Å². The van der Waals surface area contributed by atoms with Crippen LogP contribution in [0.1, 0.15) is 6.42 Å². The molecule has 1 atom stereocenters. The van der Waals surface area contributed by atoms with Gasteiger partial charge in [-0.25, -0.2) is 0 Å². The smallest absolute Gasteiger partial charge is 0.307 e. The number of nitrogens with two attached hydrogens (primary N) is 1. The van der Waals surface area contributed by atoms with Crippen molar-refractivity contribution in [1.29, 1.82) is 0 Å². The van der Waals surface area contributed by atoms with Gasteiger partial charge in [-0.3, -0.25) is 14.9 Å². The van der Waals surface area contributed by atoms with Crippen molar-refractivity contribution < 1.29 is 22.0 Å². The lowest BCUT2D eigenvalue weighted by Crippen LogP contribution is -2.27. The van der Waals surface area contributed by atoms with Crippen LogP contribution < -0.4 is 10.6 Å². The van der Waals surface area contributed by atoms with E-state index < -0.39 is 38.4 Å². The molecule has 1 aliphatic rings. The number of rotatable bonds is 3. The highest BCUT2D eigenvalue weighted by Gasteiger charge is 2.39. The number of nitrogens with zero attached hydrogens (tertiary/aromatic N) is 2. The molecule has 2 rings (SSSR count). The summed E-state index contributed by atoms with van der Waals surface area (Å²) in [6, 6.07) is 3.63. The summed E-state index contributed by atoms with van der Waals surface area (Å²) in [6.07, 6.45) is -0.489. The Morgan fingerprint density at radius 3 is 2.60 bits per heavy atom. The van der Waals surface area contributed by atoms with Gasteiger partial charge in [0.1, 0.15) is 10.9 Å². The topological polar surface area (TPSA) is 124 Å². The third-order valence-electron chi connectivity index (χ3n) is 3.01. The van der Waals surface area contributed by atoms with Gasteiger partial charge in [0.2, 0.25) is 5.91 Å². The molecule has 20 heavy (non-hydrogen) atoms. The van der Waals surface area contributed by atoms with Crippen LogP contribution in [0.4, 0.5) is 20.9 Å². The number of anilines is 2. The van der Waals surface area contributed by atoms with E-state index in [-0.39, 0.29) is 17.9 Å². The Bertz CT molecular complexity index is 690. The molecule has 108 valence electrons. The average Bonchev–Trinajstić information content (AvgIpc) is 2.71. The quantitative estimate of drug-likeness (QED) is 0.377. The zero-order valence-corrected chi connectivity index (χ0v) is 10.8. The van der Waals surface area contributed by atoms with Crippen molar-refractivity contribution in [2.75, 3.05) is 17.2 Å². The van der Waals surface area contributed by atoms with Gasteiger partial charge in [0, 0.05) is 19.0 Å². The van der Waals surface area contributed by atoms with Gasteiger partial charge in [0.25, 0.3) is 5.69 Å². The van der Waals surface area contributed by atoms with E-state index in [4.69, 9.17) is 5.73 Å². The molecule has 1 aromatic carbocycles. The van der Waals surface area contributed by atoms with Crippen LogP contribution in [0.25, 0.3) is 0 Å². The highest BCUT2D eigenvalue weighted by atomic mass is 32.3. The molecule has 0 saturated carbocycles. The Balaban J connectivity index is 2.36. The number of nitro groups is 1. The Labute approximate surface area is 113 Å². The summed E-state index contributed by atoms with van der Waals surface area (Å²) >= 11 is 0. The molecule has 1 heterocycles. The van der Waals surface area contributed by atoms with Crippen molar-refractivity contribution in [3.63, 3.8) is 0 Å². The fraction of sp³-hybridized carbons (Fsp3) is 0.300. The van der Waals surface area contributed by atoms with E-state index in [2.05, 4.69) is 0 Å². The van der Waals surface area contributed by atoms with E-state index in [1.54, 1.807) is 0 Å². The molecule has 1 unspecified atom stereocenters. The van der Waals surface area contributed by atoms with Gasteiger partial charge >= 0.3 is 10.2 Å². The molecule has 1 amide bonds. The highest BCUT2D eigenvalue weighted by Crippen LogP contribution is 2.31. The predicted octanol–water partition coefficient (Wildman–Crippen LogP) is 0.582. The molecular weight excluding hydrogens is 293 g/mol. The van der Waals surface area contributed by atoms with E-state index >= 15 is 0 Å². The fourth-order valence-corrected chi connectivity index (χ4v) is 2.64. The summed E-state index contributed by atoms with van der Waals surface area (Å²) < 4.78 is 34.5. The Kier molecular flexibility index (Phi) is 3.34. The van der Waals surface area contributed by atoms with Crippen molar-refractivity contribution in [3.05, 3.63) is 28.3 Å². The first-order valence-electron chi connectivity index (χ1n) is 5.48. The van der Waals surface area contributed by atoms with E-state index in [1.165, 1.54) is 12.1 Å². The molecule has 0 bridgehead atoms. The molecule has 0 radical (unpaired) electrons. The average molecular weight is 303 g/mol. The van der Waals surface area contributed by atoms with Crippen molar-refractivity contribution >= 4 is 33.2 Å². The fourth-order valence-electron chi connectivity index (χ4n) is 1.97. The first kappa shape index (κ1) is 14.2. The second-order valence-electron chi connectivity index (χ2n) is 4.31. The number of amides is 1. The molecule has 1 aliphatic heterocycles. The summed E-state index contributed by atoms with van der Waals surface area (Å²) in [5.41, 5.74) is 5.05. The summed E-state index contributed by atoms with van der Waals surface area (Å²) in [4.78, 5) is 22.7. The van der Waals surface area contributed by atoms with Gasteiger partial charge in [0.15, 0.2) is 0 Å². The Morgan fingerprint density at radius 1 is 1.45 bits per heavy atom. The lowest BCUT2D eigenvalue weighted by atomic mass is 10.2. The standard InChI is InChI=1S/C10H10FN3O5S/c11-20(18,19)7-4-10(15)13(5-7)6-1-2-8(12)9(3-6)14(16)17/h1-3,7H,4-5,12H2. The minimum atomic E-state index is -4.83. The zero-order chi connectivity index (χ0) is 15.1. The number of nitro benzene ring substituents is 1. The predicted molar refractivity (Wildman–Crippen MR) is 68.3 cm³/mol. The minimum absolute atomic E-state index is 0.0833. The number of hydrogen-bond acceptors (Lipinski definition) is 6. The van der Waals surface area contributed by atoms with Gasteiger partial charge in [-0.05, 0) is 12.1 Å². The van der Waals surface area contributed by atoms with Crippen LogP contribution in [0, 0.1) is 10.1 Å². The number of benzene rings is 1. The van der Waals surface area contributed by atoms with E-state index in [1.807, 2.05) is 0 Å². The maximum atomic E-state index is 12.9. The third kappa shape index (κ3) is 2.54. The molecule has 1 saturated heterocycles. The summed E-state index contributed by atoms with van der Waals surface area (Å²) in [5.74, 6) is -0.615. The Morgan fingerprint density at radius 2 is 2.10 bits per heavy atom. The number of carbonyl (C=O) groups is 1. The van der Waals surface area contributed by atoms with Crippen LogP contribution in [-0.2, 0) is 15.0 Å². The summed E-state index contributed by atoms with van der Waals surface area (Å²) in [6.45, 7) is -0.376. The Hall–Kier alpha value is -2.23. The molecule has 1 aromatic rings. The maximum absolute atomic E-state index is 12.9. The van der Waals surface area contributed by atoms with Gasteiger partial charge in [0.05, 0.1) is 10.6 Å². The van der Waals surface area contributed by atoms with Crippen LogP contribution >= 0.6 is 0 Å². The largest absolute Gasteiger partial charge is 0.393 e. The third-order valence-corrected chi connectivity index (χ3v) is 4.12. The van der Waals surface area contributed by atoms with E-state index in [9.17, 15) is 27.2 Å². The lowest BCUT2D eigenvalue weighted by Gasteiger charge is -2.16. The minimum Gasteiger partial charge on any atom is -0.393 e. The molecule has 1 fully saturated rings. The van der Waals surface area contributed by atoms with Crippen molar-refractivity contribution in [2.24, 2.45) is 0 Å². The van der Waals surface area contributed by atoms with Crippen LogP contribution in [0.3, 0.4) is 0 Å². The van der Waals surface area contributed by atoms with Gasteiger partial charge < -0.3 is 10.6 Å². The van der Waals surface area contributed by atoms with Crippen molar-refractivity contribution in [3.8, 4) is 0 Å². The summed E-state index contributed by atoms with van der Waals surface area (Å²) in [5, 5.41) is 9.31. The second kappa shape index (κ2) is 4.71. The van der Waals surface area contributed by atoms with Gasteiger partial charge in [-0.1, -0.05) is 0 Å². The monoisotopic (exact) mass is 303 g/mol. The summed E-state index contributed by atoms with van der Waals surface area (Å²) in [7, 11) is -4.83. The molecule has 10 heteroatoms. The molecule has 8 nitrogen and oxygen atoms in total. The second-order valence-corrected chi connectivity index (χ2v) is 5.92. The lowest BCUT2D eigenvalue weighted by molar-refractivity contribution is -0.383. The van der Waals surface area contributed by atoms with Crippen LogP contribution in [0.15, 0.2) is 18.2 Å². The van der Waals surface area contributed by atoms with Crippen LogP contribution in [0.5, 0.6) is 0 Å². The molecular formula is C10H10FN3O5S. The normalized spacial score (nSPS) is 19.4. The van der Waals surface area contributed by atoms with Crippen LogP contribution in [0.2, 0.25) is 0 Å². The van der Waals surface area contributed by atoms with Gasteiger partial charge in [-0.2, -0.15) is 8.42 Å².